The van der Waals surface area contributed by atoms with Gasteiger partial charge in [-0.3, -0.25) is 5.41 Å². The van der Waals surface area contributed by atoms with Crippen molar-refractivity contribution >= 4 is 5.84 Å². The smallest absolute Gasteiger partial charge is 0.0936 e. The van der Waals surface area contributed by atoms with Crippen LogP contribution < -0.4 is 5.73 Å². The predicted octanol–water partition coefficient (Wildman–Crippen LogP) is 1.75. The van der Waals surface area contributed by atoms with Gasteiger partial charge in [-0.05, 0) is 12.8 Å². The number of hydrogen-bond donors (Lipinski definition) is 2. The fourth-order valence-electron chi connectivity index (χ4n) is 0.928. The Morgan fingerprint density at radius 3 is 2.22 bits per heavy atom. The van der Waals surface area contributed by atoms with E-state index in [-0.39, 0.29) is 0 Å². The first-order valence-corrected chi connectivity index (χ1v) is 3.56. The second kappa shape index (κ2) is 4.36. The van der Waals surface area contributed by atoms with E-state index in [1.165, 1.54) is 0 Å². The van der Waals surface area contributed by atoms with Gasteiger partial charge < -0.3 is 5.73 Å². The van der Waals surface area contributed by atoms with Crippen molar-refractivity contribution in [3.8, 4) is 0 Å². The Hall–Kier alpha value is -0.530. The van der Waals surface area contributed by atoms with Crippen molar-refractivity contribution < 1.29 is 0 Å². The molecule has 0 amide bonds. The Balaban J connectivity index is 3.54. The molecule has 0 bridgehead atoms. The summed E-state index contributed by atoms with van der Waals surface area (Å²) in [6.45, 7) is 4.19. The summed E-state index contributed by atoms with van der Waals surface area (Å²) in [7, 11) is 0. The van der Waals surface area contributed by atoms with Crippen molar-refractivity contribution in [2.75, 3.05) is 0 Å². The lowest BCUT2D eigenvalue weighted by Gasteiger charge is -2.09. The van der Waals surface area contributed by atoms with Gasteiger partial charge in [-0.2, -0.15) is 0 Å². The van der Waals surface area contributed by atoms with E-state index >= 15 is 0 Å². The zero-order valence-electron chi connectivity index (χ0n) is 6.28. The van der Waals surface area contributed by atoms with Crippen LogP contribution in [-0.4, -0.2) is 5.84 Å². The molecule has 0 saturated carbocycles. The van der Waals surface area contributed by atoms with Gasteiger partial charge in [0, 0.05) is 5.92 Å². The minimum absolute atomic E-state index is 0.329. The summed E-state index contributed by atoms with van der Waals surface area (Å²) in [5.41, 5.74) is 5.32. The van der Waals surface area contributed by atoms with Crippen LogP contribution in [0.1, 0.15) is 33.1 Å². The van der Waals surface area contributed by atoms with E-state index in [0.717, 1.165) is 19.3 Å². The first-order chi connectivity index (χ1) is 4.22. The van der Waals surface area contributed by atoms with Crippen LogP contribution in [0, 0.1) is 11.3 Å². The molecular formula is C7H16N2. The molecule has 0 fully saturated rings. The minimum Gasteiger partial charge on any atom is -0.387 e. The molecule has 3 N–H and O–H groups in total. The Morgan fingerprint density at radius 2 is 2.11 bits per heavy atom. The second-order valence-corrected chi connectivity index (χ2v) is 2.35. The van der Waals surface area contributed by atoms with Crippen molar-refractivity contribution in [2.45, 2.75) is 33.1 Å². The summed E-state index contributed by atoms with van der Waals surface area (Å²) in [5.74, 6) is 0.675. The van der Waals surface area contributed by atoms with Crippen molar-refractivity contribution in [1.82, 2.24) is 0 Å². The van der Waals surface area contributed by atoms with Crippen LogP contribution in [0.15, 0.2) is 0 Å². The maximum absolute atomic E-state index is 7.13. The Kier molecular flexibility index (Phi) is 4.10. The standard InChI is InChI=1S/C7H16N2/c1-3-5-6(4-2)7(8)9/h6H,3-5H2,1-2H3,(H3,8,9). The number of amidine groups is 1. The molecule has 0 aromatic heterocycles. The predicted molar refractivity (Wildman–Crippen MR) is 40.6 cm³/mol. The van der Waals surface area contributed by atoms with Crippen molar-refractivity contribution in [3.63, 3.8) is 0 Å². The summed E-state index contributed by atoms with van der Waals surface area (Å²) < 4.78 is 0. The molecule has 0 heterocycles. The number of hydrogen-bond acceptors (Lipinski definition) is 1. The molecule has 54 valence electrons. The van der Waals surface area contributed by atoms with Crippen LogP contribution in [-0.2, 0) is 0 Å². The highest BCUT2D eigenvalue weighted by atomic mass is 14.7. The molecule has 1 unspecified atom stereocenters. The van der Waals surface area contributed by atoms with E-state index in [2.05, 4.69) is 13.8 Å². The molecule has 0 aliphatic carbocycles. The van der Waals surface area contributed by atoms with Crippen LogP contribution in [0.4, 0.5) is 0 Å². The number of nitrogens with two attached hydrogens (primary N) is 1. The first-order valence-electron chi connectivity index (χ1n) is 3.56. The van der Waals surface area contributed by atoms with Gasteiger partial charge in [0.1, 0.15) is 0 Å². The molecule has 2 heteroatoms. The lowest BCUT2D eigenvalue weighted by molar-refractivity contribution is 0.588. The third kappa shape index (κ3) is 3.12. The maximum atomic E-state index is 7.13. The highest BCUT2D eigenvalue weighted by molar-refractivity contribution is 5.79. The molecule has 2 nitrogen and oxygen atoms in total. The molecule has 0 aliphatic heterocycles. The van der Waals surface area contributed by atoms with Gasteiger partial charge in [-0.15, -0.1) is 0 Å². The van der Waals surface area contributed by atoms with Crippen molar-refractivity contribution in [3.05, 3.63) is 0 Å². The topological polar surface area (TPSA) is 49.9 Å². The van der Waals surface area contributed by atoms with Crippen LogP contribution >= 0.6 is 0 Å². The third-order valence-electron chi connectivity index (χ3n) is 1.57. The normalized spacial score (nSPS) is 13.1. The van der Waals surface area contributed by atoms with E-state index in [1.807, 2.05) is 0 Å². The van der Waals surface area contributed by atoms with E-state index in [1.54, 1.807) is 0 Å². The molecule has 0 saturated heterocycles. The third-order valence-corrected chi connectivity index (χ3v) is 1.57. The van der Waals surface area contributed by atoms with Gasteiger partial charge in [0.2, 0.25) is 0 Å². The summed E-state index contributed by atoms with van der Waals surface area (Å²) >= 11 is 0. The summed E-state index contributed by atoms with van der Waals surface area (Å²) in [6, 6.07) is 0. The van der Waals surface area contributed by atoms with Crippen molar-refractivity contribution in [1.29, 1.82) is 5.41 Å². The molecule has 0 aromatic carbocycles. The van der Waals surface area contributed by atoms with Gasteiger partial charge >= 0.3 is 0 Å². The summed E-state index contributed by atoms with van der Waals surface area (Å²) in [4.78, 5) is 0. The molecule has 9 heavy (non-hydrogen) atoms. The number of rotatable bonds is 4. The van der Waals surface area contributed by atoms with Gasteiger partial charge in [0.15, 0.2) is 0 Å². The molecular weight excluding hydrogens is 112 g/mol. The molecule has 1 atom stereocenters. The molecule has 0 rings (SSSR count). The molecule has 0 spiro atoms. The average Bonchev–Trinajstić information content (AvgIpc) is 1.82. The Morgan fingerprint density at radius 1 is 1.56 bits per heavy atom. The first kappa shape index (κ1) is 8.47. The zero-order valence-corrected chi connectivity index (χ0v) is 6.28. The quantitative estimate of drug-likeness (QED) is 0.440. The van der Waals surface area contributed by atoms with Gasteiger partial charge in [-0.1, -0.05) is 20.3 Å². The zero-order chi connectivity index (χ0) is 7.28. The van der Waals surface area contributed by atoms with Gasteiger partial charge in [0.25, 0.3) is 0 Å². The SMILES string of the molecule is CCCC(CC)C(=N)N. The summed E-state index contributed by atoms with van der Waals surface area (Å²) in [6.07, 6.45) is 3.19. The lowest BCUT2D eigenvalue weighted by Crippen LogP contribution is -2.21. The van der Waals surface area contributed by atoms with E-state index in [4.69, 9.17) is 11.1 Å². The van der Waals surface area contributed by atoms with Crippen LogP contribution in [0.2, 0.25) is 0 Å². The van der Waals surface area contributed by atoms with E-state index < -0.39 is 0 Å². The average molecular weight is 128 g/mol. The Labute approximate surface area is 57.0 Å². The molecule has 0 aliphatic rings. The monoisotopic (exact) mass is 128 g/mol. The van der Waals surface area contributed by atoms with Crippen LogP contribution in [0.25, 0.3) is 0 Å². The van der Waals surface area contributed by atoms with Crippen LogP contribution in [0.3, 0.4) is 0 Å². The van der Waals surface area contributed by atoms with Gasteiger partial charge in [-0.25, -0.2) is 0 Å². The van der Waals surface area contributed by atoms with Crippen LogP contribution in [0.5, 0.6) is 0 Å². The van der Waals surface area contributed by atoms with Gasteiger partial charge in [0.05, 0.1) is 5.84 Å². The molecule has 0 radical (unpaired) electrons. The summed E-state index contributed by atoms with van der Waals surface area (Å²) in [5, 5.41) is 7.13. The Bertz CT molecular complexity index is 88.9. The van der Waals surface area contributed by atoms with E-state index in [9.17, 15) is 0 Å². The minimum atomic E-state index is 0.329. The van der Waals surface area contributed by atoms with Crippen molar-refractivity contribution in [2.24, 2.45) is 11.7 Å². The number of nitrogens with one attached hydrogen (secondary N) is 1. The fraction of sp³-hybridized carbons (Fsp3) is 0.857. The molecule has 0 aromatic rings. The van der Waals surface area contributed by atoms with E-state index in [0.29, 0.717) is 11.8 Å². The second-order valence-electron chi connectivity index (χ2n) is 2.35. The largest absolute Gasteiger partial charge is 0.387 e. The maximum Gasteiger partial charge on any atom is 0.0936 e. The highest BCUT2D eigenvalue weighted by Gasteiger charge is 2.06. The highest BCUT2D eigenvalue weighted by Crippen LogP contribution is 2.08. The fourth-order valence-corrected chi connectivity index (χ4v) is 0.928. The lowest BCUT2D eigenvalue weighted by atomic mass is 10.0.